The third-order valence-electron chi connectivity index (χ3n) is 1.85. The van der Waals surface area contributed by atoms with Gasteiger partial charge >= 0.3 is 0 Å². The van der Waals surface area contributed by atoms with E-state index >= 15 is 0 Å². The molecule has 3 heteroatoms. The van der Waals surface area contributed by atoms with E-state index in [1.165, 1.54) is 4.90 Å². The molecule has 0 radical (unpaired) electrons. The Hall–Kier alpha value is -0.470. The van der Waals surface area contributed by atoms with Gasteiger partial charge in [0.05, 0.1) is 0 Å². The molecule has 0 aromatic heterocycles. The Morgan fingerprint density at radius 3 is 2.40 bits per heavy atom. The van der Waals surface area contributed by atoms with Gasteiger partial charge in [-0.25, -0.2) is 0 Å². The summed E-state index contributed by atoms with van der Waals surface area (Å²) >= 11 is 7.15. The summed E-state index contributed by atoms with van der Waals surface area (Å²) in [6, 6.07) is 8.01. The SMILES string of the molecule is CC(C)CSc1ccc(CC(=O)Cl)cc1. The van der Waals surface area contributed by atoms with Crippen molar-refractivity contribution in [3.05, 3.63) is 29.8 Å². The Morgan fingerprint density at radius 2 is 1.93 bits per heavy atom. The fourth-order valence-corrected chi connectivity index (χ4v) is 2.14. The molecule has 0 saturated heterocycles. The van der Waals surface area contributed by atoms with Crippen LogP contribution in [0.15, 0.2) is 29.2 Å². The van der Waals surface area contributed by atoms with E-state index in [-0.39, 0.29) is 5.24 Å². The Kier molecular flexibility index (Phi) is 5.20. The van der Waals surface area contributed by atoms with E-state index in [2.05, 4.69) is 13.8 Å². The van der Waals surface area contributed by atoms with E-state index in [0.29, 0.717) is 12.3 Å². The zero-order valence-electron chi connectivity index (χ0n) is 9.00. The molecule has 0 unspecified atom stereocenters. The molecule has 1 aromatic carbocycles. The Labute approximate surface area is 100 Å². The predicted molar refractivity (Wildman–Crippen MR) is 66.6 cm³/mol. The summed E-state index contributed by atoms with van der Waals surface area (Å²) in [4.78, 5) is 11.9. The first kappa shape index (κ1) is 12.6. The van der Waals surface area contributed by atoms with Gasteiger partial charge < -0.3 is 0 Å². The molecule has 0 bridgehead atoms. The molecule has 1 rings (SSSR count). The molecule has 0 N–H and O–H groups in total. The van der Waals surface area contributed by atoms with Crippen molar-refractivity contribution in [2.75, 3.05) is 5.75 Å². The van der Waals surface area contributed by atoms with Gasteiger partial charge in [0.15, 0.2) is 0 Å². The fraction of sp³-hybridized carbons (Fsp3) is 0.417. The van der Waals surface area contributed by atoms with Crippen LogP contribution in [0.4, 0.5) is 0 Å². The van der Waals surface area contributed by atoms with Gasteiger partial charge in [-0.05, 0) is 35.2 Å². The zero-order valence-corrected chi connectivity index (χ0v) is 10.6. The summed E-state index contributed by atoms with van der Waals surface area (Å²) in [5.41, 5.74) is 0.976. The number of carbonyl (C=O) groups is 1. The molecule has 0 aliphatic carbocycles. The topological polar surface area (TPSA) is 17.1 Å². The second-order valence-electron chi connectivity index (χ2n) is 3.88. The lowest BCUT2D eigenvalue weighted by atomic mass is 10.2. The van der Waals surface area contributed by atoms with E-state index in [1.54, 1.807) is 0 Å². The van der Waals surface area contributed by atoms with Gasteiger partial charge in [0, 0.05) is 17.1 Å². The van der Waals surface area contributed by atoms with E-state index in [0.717, 1.165) is 11.3 Å². The van der Waals surface area contributed by atoms with Gasteiger partial charge in [-0.15, -0.1) is 11.8 Å². The maximum Gasteiger partial charge on any atom is 0.226 e. The maximum absolute atomic E-state index is 10.7. The van der Waals surface area contributed by atoms with Crippen LogP contribution >= 0.6 is 23.4 Å². The first-order valence-corrected chi connectivity index (χ1v) is 6.34. The Balaban J connectivity index is 2.52. The maximum atomic E-state index is 10.7. The number of hydrogen-bond acceptors (Lipinski definition) is 2. The number of benzene rings is 1. The third-order valence-corrected chi connectivity index (χ3v) is 3.42. The lowest BCUT2D eigenvalue weighted by molar-refractivity contribution is -0.111. The summed E-state index contributed by atoms with van der Waals surface area (Å²) in [5.74, 6) is 1.81. The van der Waals surface area contributed by atoms with Gasteiger partial charge in [0.25, 0.3) is 0 Å². The molecule has 0 fully saturated rings. The zero-order chi connectivity index (χ0) is 11.3. The van der Waals surface area contributed by atoms with Gasteiger partial charge in [0.1, 0.15) is 0 Å². The fourth-order valence-electron chi connectivity index (χ4n) is 1.13. The van der Waals surface area contributed by atoms with Crippen LogP contribution < -0.4 is 0 Å². The molecule has 0 atom stereocenters. The minimum Gasteiger partial charge on any atom is -0.281 e. The minimum atomic E-state index is -0.308. The molecule has 0 spiro atoms. The van der Waals surface area contributed by atoms with E-state index in [9.17, 15) is 4.79 Å². The average Bonchev–Trinajstić information content (AvgIpc) is 2.16. The van der Waals surface area contributed by atoms with Crippen molar-refractivity contribution in [3.63, 3.8) is 0 Å². The molecule has 0 amide bonds. The van der Waals surface area contributed by atoms with Crippen LogP contribution in [-0.2, 0) is 11.2 Å². The highest BCUT2D eigenvalue weighted by Crippen LogP contribution is 2.21. The smallest absolute Gasteiger partial charge is 0.226 e. The van der Waals surface area contributed by atoms with Gasteiger partial charge in [-0.1, -0.05) is 26.0 Å². The van der Waals surface area contributed by atoms with Crippen molar-refractivity contribution in [1.82, 2.24) is 0 Å². The molecule has 1 aromatic rings. The van der Waals surface area contributed by atoms with Crippen molar-refractivity contribution in [2.24, 2.45) is 5.92 Å². The Morgan fingerprint density at radius 1 is 1.33 bits per heavy atom. The second-order valence-corrected chi connectivity index (χ2v) is 5.40. The van der Waals surface area contributed by atoms with Crippen molar-refractivity contribution in [2.45, 2.75) is 25.2 Å². The Bertz CT molecular complexity index is 319. The van der Waals surface area contributed by atoms with Crippen molar-refractivity contribution >= 4 is 28.6 Å². The van der Waals surface area contributed by atoms with Gasteiger partial charge in [0.2, 0.25) is 5.24 Å². The van der Waals surface area contributed by atoms with Crippen LogP contribution in [0, 0.1) is 5.92 Å². The molecule has 0 heterocycles. The normalized spacial score (nSPS) is 10.7. The number of carbonyl (C=O) groups excluding carboxylic acids is 1. The lowest BCUT2D eigenvalue weighted by Crippen LogP contribution is -1.93. The van der Waals surface area contributed by atoms with Crippen LogP contribution in [0.2, 0.25) is 0 Å². The largest absolute Gasteiger partial charge is 0.281 e. The number of rotatable bonds is 5. The van der Waals surface area contributed by atoms with Gasteiger partial charge in [-0.2, -0.15) is 0 Å². The standard InChI is InChI=1S/C12H15ClOS/c1-9(2)8-15-11-5-3-10(4-6-11)7-12(13)14/h3-6,9H,7-8H2,1-2H3. The number of hydrogen-bond donors (Lipinski definition) is 0. The van der Waals surface area contributed by atoms with Crippen molar-refractivity contribution < 1.29 is 4.79 Å². The van der Waals surface area contributed by atoms with Gasteiger partial charge in [-0.3, -0.25) is 4.79 Å². The second kappa shape index (κ2) is 6.19. The highest BCUT2D eigenvalue weighted by Gasteiger charge is 2.01. The summed E-state index contributed by atoms with van der Waals surface area (Å²) in [6.07, 6.45) is 0.316. The molecule has 0 aliphatic heterocycles. The molecule has 1 nitrogen and oxygen atoms in total. The van der Waals surface area contributed by atoms with Crippen LogP contribution in [0.3, 0.4) is 0 Å². The molecule has 0 saturated carbocycles. The quantitative estimate of drug-likeness (QED) is 0.578. The summed E-state index contributed by atoms with van der Waals surface area (Å²) in [6.45, 7) is 4.40. The van der Waals surface area contributed by atoms with Crippen LogP contribution in [0.25, 0.3) is 0 Å². The summed E-state index contributed by atoms with van der Waals surface area (Å²) in [7, 11) is 0. The molecule has 0 aliphatic rings. The van der Waals surface area contributed by atoms with E-state index in [1.807, 2.05) is 36.0 Å². The van der Waals surface area contributed by atoms with E-state index in [4.69, 9.17) is 11.6 Å². The summed E-state index contributed by atoms with van der Waals surface area (Å²) < 4.78 is 0. The van der Waals surface area contributed by atoms with E-state index < -0.39 is 0 Å². The first-order chi connectivity index (χ1) is 7.08. The molecule has 82 valence electrons. The molecule has 15 heavy (non-hydrogen) atoms. The van der Waals surface area contributed by atoms with Crippen molar-refractivity contribution in [1.29, 1.82) is 0 Å². The summed E-state index contributed by atoms with van der Waals surface area (Å²) in [5, 5.41) is -0.308. The lowest BCUT2D eigenvalue weighted by Gasteiger charge is -2.05. The molecular weight excluding hydrogens is 228 g/mol. The monoisotopic (exact) mass is 242 g/mol. The predicted octanol–water partition coefficient (Wildman–Crippen LogP) is 3.74. The first-order valence-electron chi connectivity index (χ1n) is 4.98. The van der Waals surface area contributed by atoms with Crippen LogP contribution in [0.5, 0.6) is 0 Å². The molecular formula is C12H15ClOS. The number of thioether (sulfide) groups is 1. The average molecular weight is 243 g/mol. The highest BCUT2D eigenvalue weighted by atomic mass is 35.5. The van der Waals surface area contributed by atoms with Crippen molar-refractivity contribution in [3.8, 4) is 0 Å². The van der Waals surface area contributed by atoms with Crippen LogP contribution in [0.1, 0.15) is 19.4 Å². The van der Waals surface area contributed by atoms with Crippen LogP contribution in [-0.4, -0.2) is 11.0 Å². The minimum absolute atomic E-state index is 0.308. The third kappa shape index (κ3) is 5.24. The highest BCUT2D eigenvalue weighted by molar-refractivity contribution is 7.99. The number of halogens is 1.